The van der Waals surface area contributed by atoms with Crippen LogP contribution in [0.5, 0.6) is 0 Å². The van der Waals surface area contributed by atoms with Crippen molar-refractivity contribution in [3.63, 3.8) is 0 Å². The number of Topliss-reactive ketones (excluding diaryl/α,β-unsaturated/α-hetero) is 1. The molecule has 0 aliphatic rings. The first-order valence-electron chi connectivity index (χ1n) is 9.27. The number of hydrogen-bond donors (Lipinski definition) is 1. The second kappa shape index (κ2) is 7.86. The SMILES string of the molecule is CC(C)(C)C(=O)C(Cc1ccccc1)NS(=O)(=O)c1cccc2ccccc12. The molecule has 4 nitrogen and oxygen atoms in total. The molecule has 3 rings (SSSR count). The van der Waals surface area contributed by atoms with Gasteiger partial charge in [-0.3, -0.25) is 4.79 Å². The predicted molar refractivity (Wildman–Crippen MR) is 113 cm³/mol. The maximum absolute atomic E-state index is 13.2. The summed E-state index contributed by atoms with van der Waals surface area (Å²) in [6.07, 6.45) is 0.306. The molecule has 0 saturated carbocycles. The number of ketones is 1. The summed E-state index contributed by atoms with van der Waals surface area (Å²) in [5.41, 5.74) is 0.242. The highest BCUT2D eigenvalue weighted by Gasteiger charge is 2.33. The van der Waals surface area contributed by atoms with Crippen LogP contribution in [0.1, 0.15) is 26.3 Å². The summed E-state index contributed by atoms with van der Waals surface area (Å²) < 4.78 is 29.1. The van der Waals surface area contributed by atoms with Crippen LogP contribution in [0, 0.1) is 5.41 Å². The summed E-state index contributed by atoms with van der Waals surface area (Å²) in [6, 6.07) is 21.1. The van der Waals surface area contributed by atoms with E-state index in [9.17, 15) is 13.2 Å². The second-order valence-corrected chi connectivity index (χ2v) is 9.64. The maximum Gasteiger partial charge on any atom is 0.241 e. The lowest BCUT2D eigenvalue weighted by atomic mass is 9.85. The Morgan fingerprint density at radius 2 is 1.50 bits per heavy atom. The number of carbonyl (C=O) groups is 1. The van der Waals surface area contributed by atoms with Gasteiger partial charge in [0.2, 0.25) is 10.0 Å². The van der Waals surface area contributed by atoms with Gasteiger partial charge >= 0.3 is 0 Å². The van der Waals surface area contributed by atoms with E-state index in [4.69, 9.17) is 0 Å². The van der Waals surface area contributed by atoms with Crippen molar-refractivity contribution in [3.8, 4) is 0 Å². The fourth-order valence-corrected chi connectivity index (χ4v) is 4.67. The van der Waals surface area contributed by atoms with Gasteiger partial charge in [-0.25, -0.2) is 13.1 Å². The minimum absolute atomic E-state index is 0.139. The van der Waals surface area contributed by atoms with Gasteiger partial charge in [0, 0.05) is 10.8 Å². The van der Waals surface area contributed by atoms with Crippen molar-refractivity contribution in [2.45, 2.75) is 38.1 Å². The summed E-state index contributed by atoms with van der Waals surface area (Å²) in [5.74, 6) is -0.139. The van der Waals surface area contributed by atoms with Crippen LogP contribution in [0.25, 0.3) is 10.8 Å². The van der Waals surface area contributed by atoms with Crippen molar-refractivity contribution in [2.24, 2.45) is 5.41 Å². The monoisotopic (exact) mass is 395 g/mol. The Morgan fingerprint density at radius 3 is 2.18 bits per heavy atom. The van der Waals surface area contributed by atoms with Crippen LogP contribution in [0.4, 0.5) is 0 Å². The number of sulfonamides is 1. The molecule has 0 spiro atoms. The predicted octanol–water partition coefficient (Wildman–Crippen LogP) is 4.34. The van der Waals surface area contributed by atoms with E-state index in [1.54, 1.807) is 39.0 Å². The zero-order valence-electron chi connectivity index (χ0n) is 16.3. The third-order valence-corrected chi connectivity index (χ3v) is 6.20. The smallest absolute Gasteiger partial charge is 0.241 e. The molecule has 0 radical (unpaired) electrons. The van der Waals surface area contributed by atoms with Crippen molar-refractivity contribution in [1.29, 1.82) is 0 Å². The van der Waals surface area contributed by atoms with Crippen molar-refractivity contribution in [1.82, 2.24) is 4.72 Å². The Hall–Kier alpha value is -2.50. The number of fused-ring (bicyclic) bond motifs is 1. The van der Waals surface area contributed by atoms with Gasteiger partial charge in [-0.05, 0) is 23.4 Å². The van der Waals surface area contributed by atoms with Crippen LogP contribution >= 0.6 is 0 Å². The van der Waals surface area contributed by atoms with E-state index in [1.165, 1.54) is 0 Å². The van der Waals surface area contributed by atoms with E-state index in [1.807, 2.05) is 54.6 Å². The Labute approximate surface area is 166 Å². The number of nitrogens with one attached hydrogen (secondary N) is 1. The quantitative estimate of drug-likeness (QED) is 0.675. The van der Waals surface area contributed by atoms with E-state index in [2.05, 4.69) is 4.72 Å². The molecule has 0 aliphatic carbocycles. The largest absolute Gasteiger partial charge is 0.297 e. The molecule has 146 valence electrons. The summed E-state index contributed by atoms with van der Waals surface area (Å²) in [7, 11) is -3.88. The first-order valence-corrected chi connectivity index (χ1v) is 10.8. The van der Waals surface area contributed by atoms with Gasteiger partial charge in [0.05, 0.1) is 10.9 Å². The molecule has 0 saturated heterocycles. The Balaban J connectivity index is 2.00. The van der Waals surface area contributed by atoms with Crippen LogP contribution < -0.4 is 4.72 Å². The minimum Gasteiger partial charge on any atom is -0.297 e. The normalized spacial score (nSPS) is 13.4. The molecule has 3 aromatic carbocycles. The first kappa shape index (κ1) is 20.2. The molecule has 0 amide bonds. The van der Waals surface area contributed by atoms with E-state index >= 15 is 0 Å². The van der Waals surface area contributed by atoms with Crippen LogP contribution in [-0.4, -0.2) is 20.2 Å². The van der Waals surface area contributed by atoms with Crippen LogP contribution in [0.3, 0.4) is 0 Å². The maximum atomic E-state index is 13.2. The molecule has 1 atom stereocenters. The zero-order chi connectivity index (χ0) is 20.4. The van der Waals surface area contributed by atoms with Crippen LogP contribution in [0.15, 0.2) is 77.7 Å². The first-order chi connectivity index (χ1) is 13.2. The van der Waals surface area contributed by atoms with E-state index in [-0.39, 0.29) is 10.7 Å². The molecule has 5 heteroatoms. The van der Waals surface area contributed by atoms with E-state index in [0.717, 1.165) is 10.9 Å². The van der Waals surface area contributed by atoms with Crippen LogP contribution in [-0.2, 0) is 21.2 Å². The molecule has 0 heterocycles. The summed E-state index contributed by atoms with van der Waals surface area (Å²) in [5, 5.41) is 1.48. The van der Waals surface area contributed by atoms with Crippen LogP contribution in [0.2, 0.25) is 0 Å². The number of rotatable bonds is 6. The highest BCUT2D eigenvalue weighted by atomic mass is 32.2. The van der Waals surface area contributed by atoms with Gasteiger partial charge < -0.3 is 0 Å². The second-order valence-electron chi connectivity index (χ2n) is 7.96. The lowest BCUT2D eigenvalue weighted by Gasteiger charge is -2.25. The molecular formula is C23H25NO3S. The summed E-state index contributed by atoms with van der Waals surface area (Å²) >= 11 is 0. The minimum atomic E-state index is -3.88. The summed E-state index contributed by atoms with van der Waals surface area (Å²) in [4.78, 5) is 13.2. The standard InChI is InChI=1S/C23H25NO3S/c1-23(2,3)22(25)20(16-17-10-5-4-6-11-17)24-28(26,27)21-15-9-13-18-12-7-8-14-19(18)21/h4-15,20,24H,16H2,1-3H3. The fraction of sp³-hybridized carbons (Fsp3) is 0.261. The summed E-state index contributed by atoms with van der Waals surface area (Å²) in [6.45, 7) is 5.42. The van der Waals surface area contributed by atoms with Crippen molar-refractivity contribution < 1.29 is 13.2 Å². The highest BCUT2D eigenvalue weighted by molar-refractivity contribution is 7.89. The number of hydrogen-bond acceptors (Lipinski definition) is 3. The molecular weight excluding hydrogens is 370 g/mol. The average Bonchev–Trinajstić information content (AvgIpc) is 2.66. The van der Waals surface area contributed by atoms with E-state index < -0.39 is 21.5 Å². The average molecular weight is 396 g/mol. The van der Waals surface area contributed by atoms with Crippen molar-refractivity contribution >= 4 is 26.6 Å². The van der Waals surface area contributed by atoms with Gasteiger partial charge in [-0.1, -0.05) is 87.5 Å². The molecule has 28 heavy (non-hydrogen) atoms. The van der Waals surface area contributed by atoms with Gasteiger partial charge in [0.25, 0.3) is 0 Å². The molecule has 0 fully saturated rings. The van der Waals surface area contributed by atoms with Gasteiger partial charge in [0.15, 0.2) is 5.78 Å². The van der Waals surface area contributed by atoms with E-state index in [0.29, 0.717) is 11.8 Å². The van der Waals surface area contributed by atoms with Crippen molar-refractivity contribution in [3.05, 3.63) is 78.4 Å². The molecule has 1 N–H and O–H groups in total. The van der Waals surface area contributed by atoms with Crippen molar-refractivity contribution in [2.75, 3.05) is 0 Å². The van der Waals surface area contributed by atoms with Gasteiger partial charge in [-0.15, -0.1) is 0 Å². The molecule has 1 unspecified atom stereocenters. The van der Waals surface area contributed by atoms with Gasteiger partial charge in [0.1, 0.15) is 0 Å². The third-order valence-electron chi connectivity index (χ3n) is 4.67. The lowest BCUT2D eigenvalue weighted by Crippen LogP contribution is -2.46. The number of carbonyl (C=O) groups excluding carboxylic acids is 1. The lowest BCUT2D eigenvalue weighted by molar-refractivity contribution is -0.128. The fourth-order valence-electron chi connectivity index (χ4n) is 3.24. The number of benzene rings is 3. The molecule has 0 aliphatic heterocycles. The third kappa shape index (κ3) is 4.49. The zero-order valence-corrected chi connectivity index (χ0v) is 17.2. The Kier molecular flexibility index (Phi) is 5.68. The Bertz CT molecular complexity index is 1080. The van der Waals surface area contributed by atoms with Gasteiger partial charge in [-0.2, -0.15) is 0 Å². The molecule has 0 bridgehead atoms. The molecule has 0 aromatic heterocycles. The Morgan fingerprint density at radius 1 is 0.893 bits per heavy atom. The molecule has 3 aromatic rings. The topological polar surface area (TPSA) is 63.2 Å². The highest BCUT2D eigenvalue weighted by Crippen LogP contribution is 2.25.